The van der Waals surface area contributed by atoms with Gasteiger partial charge in [0.1, 0.15) is 17.5 Å². The average Bonchev–Trinajstić information content (AvgIpc) is 3.56. The molecule has 0 radical (unpaired) electrons. The summed E-state index contributed by atoms with van der Waals surface area (Å²) in [6.45, 7) is 0.920. The molecule has 35 heavy (non-hydrogen) atoms. The van der Waals surface area contributed by atoms with E-state index in [0.717, 1.165) is 22.3 Å². The number of nitrogens with one attached hydrogen (secondary N) is 1. The van der Waals surface area contributed by atoms with Gasteiger partial charge in [0, 0.05) is 36.4 Å². The van der Waals surface area contributed by atoms with Crippen LogP contribution in [0.4, 0.5) is 13.2 Å². The minimum atomic E-state index is -5.08. The molecule has 1 amide bonds. The first-order chi connectivity index (χ1) is 16.6. The van der Waals surface area contributed by atoms with E-state index in [9.17, 15) is 23.2 Å². The molecule has 1 saturated heterocycles. The number of amides is 1. The van der Waals surface area contributed by atoms with Gasteiger partial charge in [0.15, 0.2) is 0 Å². The Bertz CT molecular complexity index is 1400. The molecule has 0 aromatic carbocycles. The van der Waals surface area contributed by atoms with E-state index in [2.05, 4.69) is 26.1 Å². The fourth-order valence-electron chi connectivity index (χ4n) is 3.66. The molecule has 2 N–H and O–H groups in total. The summed E-state index contributed by atoms with van der Waals surface area (Å²) in [4.78, 5) is 35.6. The van der Waals surface area contributed by atoms with Crippen molar-refractivity contribution in [3.63, 3.8) is 0 Å². The number of fused-ring (bicyclic) bond motifs is 1. The molecule has 10 nitrogen and oxygen atoms in total. The Balaban J connectivity index is 0.000000364. The molecular weight excluding hydrogens is 487 g/mol. The van der Waals surface area contributed by atoms with Gasteiger partial charge in [-0.15, -0.1) is 11.3 Å². The summed E-state index contributed by atoms with van der Waals surface area (Å²) < 4.78 is 33.5. The van der Waals surface area contributed by atoms with Gasteiger partial charge in [0.2, 0.25) is 0 Å². The van der Waals surface area contributed by atoms with Crippen molar-refractivity contribution in [1.82, 2.24) is 29.6 Å². The van der Waals surface area contributed by atoms with E-state index in [1.807, 2.05) is 40.7 Å². The number of aromatic nitrogens is 5. The van der Waals surface area contributed by atoms with Gasteiger partial charge in [0.25, 0.3) is 5.91 Å². The fraction of sp³-hybridized carbons (Fsp3) is 0.238. The quantitative estimate of drug-likeness (QED) is 0.435. The first kappa shape index (κ1) is 23.9. The van der Waals surface area contributed by atoms with Crippen molar-refractivity contribution < 1.29 is 27.9 Å². The zero-order valence-corrected chi connectivity index (χ0v) is 18.5. The highest BCUT2D eigenvalue weighted by Crippen LogP contribution is 2.35. The van der Waals surface area contributed by atoms with Gasteiger partial charge in [0.05, 0.1) is 29.3 Å². The van der Waals surface area contributed by atoms with Crippen molar-refractivity contribution in [2.45, 2.75) is 18.1 Å². The first-order valence-corrected chi connectivity index (χ1v) is 10.9. The Kier molecular flexibility index (Phi) is 6.27. The molecule has 14 heteroatoms. The van der Waals surface area contributed by atoms with Gasteiger partial charge >= 0.3 is 12.1 Å². The molecule has 1 aliphatic heterocycles. The lowest BCUT2D eigenvalue weighted by molar-refractivity contribution is -0.192. The number of nitrogens with zero attached hydrogens (tertiary/aromatic N) is 6. The second-order valence-electron chi connectivity index (χ2n) is 7.64. The molecule has 0 atom stereocenters. The maximum Gasteiger partial charge on any atom is 0.490 e. The summed E-state index contributed by atoms with van der Waals surface area (Å²) in [6.07, 6.45) is 2.19. The molecule has 1 fully saturated rings. The van der Waals surface area contributed by atoms with Gasteiger partial charge in [-0.1, -0.05) is 6.07 Å². The topological polar surface area (TPSA) is 141 Å². The Labute approximate surface area is 199 Å². The zero-order valence-electron chi connectivity index (χ0n) is 17.7. The molecule has 0 bridgehead atoms. The minimum Gasteiger partial charge on any atom is -0.475 e. The molecule has 5 rings (SSSR count). The van der Waals surface area contributed by atoms with Gasteiger partial charge in [-0.05, 0) is 17.5 Å². The van der Waals surface area contributed by atoms with E-state index in [0.29, 0.717) is 18.0 Å². The van der Waals surface area contributed by atoms with Crippen LogP contribution in [0, 0.1) is 11.3 Å². The van der Waals surface area contributed by atoms with Crippen LogP contribution >= 0.6 is 11.3 Å². The van der Waals surface area contributed by atoms with Crippen LogP contribution in [0.25, 0.3) is 22.3 Å². The Morgan fingerprint density at radius 2 is 2.03 bits per heavy atom. The fourth-order valence-corrected chi connectivity index (χ4v) is 4.35. The lowest BCUT2D eigenvalue weighted by Crippen LogP contribution is -2.64. The number of carbonyl (C=O) groups excluding carboxylic acids is 1. The maximum absolute atomic E-state index is 12.6. The van der Waals surface area contributed by atoms with Crippen molar-refractivity contribution in [3.05, 3.63) is 53.4 Å². The SMILES string of the molecule is N#CCC1(n2cc(-c3ncnc4[nH]ccc34)cn2)CN(C(=O)c2cccs2)C1.O=C(O)C(F)(F)F. The van der Waals surface area contributed by atoms with Crippen molar-refractivity contribution >= 4 is 34.2 Å². The summed E-state index contributed by atoms with van der Waals surface area (Å²) in [6, 6.07) is 7.86. The number of carboxylic acid groups (broad SMARTS) is 1. The summed E-state index contributed by atoms with van der Waals surface area (Å²) in [5.41, 5.74) is 1.90. The largest absolute Gasteiger partial charge is 0.490 e. The average molecular weight is 503 g/mol. The number of hydrogen-bond acceptors (Lipinski definition) is 7. The molecule has 4 aromatic heterocycles. The van der Waals surface area contributed by atoms with Gasteiger partial charge in [-0.25, -0.2) is 14.8 Å². The van der Waals surface area contributed by atoms with Crippen molar-refractivity contribution in [2.24, 2.45) is 0 Å². The molecule has 180 valence electrons. The Hall–Kier alpha value is -4.25. The molecule has 0 spiro atoms. The predicted molar refractivity (Wildman–Crippen MR) is 117 cm³/mol. The van der Waals surface area contributed by atoms with Crippen molar-refractivity contribution in [1.29, 1.82) is 5.26 Å². The van der Waals surface area contributed by atoms with E-state index in [-0.39, 0.29) is 12.3 Å². The van der Waals surface area contributed by atoms with Crippen molar-refractivity contribution in [2.75, 3.05) is 13.1 Å². The van der Waals surface area contributed by atoms with Gasteiger partial charge < -0.3 is 15.0 Å². The number of thiophene rings is 1. The van der Waals surface area contributed by atoms with Crippen molar-refractivity contribution in [3.8, 4) is 17.3 Å². The van der Waals surface area contributed by atoms with E-state index in [1.54, 1.807) is 11.1 Å². The number of halogens is 3. The van der Waals surface area contributed by atoms with Crippen LogP contribution in [0.5, 0.6) is 0 Å². The molecule has 5 heterocycles. The zero-order chi connectivity index (χ0) is 25.2. The van der Waals surface area contributed by atoms with Gasteiger partial charge in [-0.3, -0.25) is 9.48 Å². The summed E-state index contributed by atoms with van der Waals surface area (Å²) in [5.74, 6) is -2.76. The summed E-state index contributed by atoms with van der Waals surface area (Å²) in [7, 11) is 0. The standard InChI is InChI=1S/C19H15N7OS.C2HF3O2/c20-5-4-19(10-25(11-19)18(27)15-2-1-7-28-15)26-9-13(8-24-26)16-14-3-6-21-17(14)23-12-22-16;3-2(4,5)1(6)7/h1-3,6-9,12H,4,10-11H2,(H,21,22,23);(H,6,7). The molecule has 0 aliphatic carbocycles. The number of H-pyrrole nitrogens is 1. The number of alkyl halides is 3. The molecule has 1 aliphatic rings. The van der Waals surface area contributed by atoms with E-state index >= 15 is 0 Å². The maximum atomic E-state index is 12.6. The third-order valence-corrected chi connectivity index (χ3v) is 6.19. The number of aromatic amines is 1. The van der Waals surface area contributed by atoms with Gasteiger partial charge in [-0.2, -0.15) is 23.5 Å². The number of rotatable bonds is 4. The van der Waals surface area contributed by atoms with Crippen LogP contribution in [-0.4, -0.2) is 65.9 Å². The van der Waals surface area contributed by atoms with E-state index in [4.69, 9.17) is 9.90 Å². The molecule has 4 aromatic rings. The van der Waals surface area contributed by atoms with Crippen LogP contribution in [-0.2, 0) is 10.3 Å². The number of nitriles is 1. The lowest BCUT2D eigenvalue weighted by atomic mass is 9.86. The number of carboxylic acids is 1. The smallest absolute Gasteiger partial charge is 0.475 e. The molecular formula is C21H16F3N7O3S. The molecule has 0 saturated carbocycles. The summed E-state index contributed by atoms with van der Waals surface area (Å²) in [5, 5.41) is 23.8. The minimum absolute atomic E-state index is 0.000719. The van der Waals surface area contributed by atoms with Crippen LogP contribution in [0.2, 0.25) is 0 Å². The number of carbonyl (C=O) groups is 2. The normalized spacial score (nSPS) is 14.5. The first-order valence-electron chi connectivity index (χ1n) is 9.98. The number of likely N-dealkylation sites (tertiary alicyclic amines) is 1. The Morgan fingerprint density at radius 3 is 2.66 bits per heavy atom. The number of aliphatic carboxylic acids is 1. The lowest BCUT2D eigenvalue weighted by Gasteiger charge is -2.48. The predicted octanol–water partition coefficient (Wildman–Crippen LogP) is 3.28. The van der Waals surface area contributed by atoms with Crippen LogP contribution in [0.1, 0.15) is 16.1 Å². The third kappa shape index (κ3) is 4.71. The van der Waals surface area contributed by atoms with Crippen LogP contribution < -0.4 is 0 Å². The highest BCUT2D eigenvalue weighted by Gasteiger charge is 2.48. The highest BCUT2D eigenvalue weighted by molar-refractivity contribution is 7.12. The second kappa shape index (κ2) is 9.18. The van der Waals surface area contributed by atoms with E-state index < -0.39 is 17.7 Å². The Morgan fingerprint density at radius 1 is 1.29 bits per heavy atom. The van der Waals surface area contributed by atoms with E-state index in [1.165, 1.54) is 17.7 Å². The molecule has 0 unspecified atom stereocenters. The third-order valence-electron chi connectivity index (χ3n) is 5.34. The summed E-state index contributed by atoms with van der Waals surface area (Å²) >= 11 is 1.43. The van der Waals surface area contributed by atoms with Crippen LogP contribution in [0.15, 0.2) is 48.5 Å². The number of hydrogen-bond donors (Lipinski definition) is 2. The monoisotopic (exact) mass is 503 g/mol. The van der Waals surface area contributed by atoms with Crippen LogP contribution in [0.3, 0.4) is 0 Å². The highest BCUT2D eigenvalue weighted by atomic mass is 32.1. The second-order valence-corrected chi connectivity index (χ2v) is 8.58.